The van der Waals surface area contributed by atoms with E-state index in [4.69, 9.17) is 26.8 Å². The Morgan fingerprint density at radius 3 is 2.45 bits per heavy atom. The summed E-state index contributed by atoms with van der Waals surface area (Å²) in [6.07, 6.45) is 1.93. The third-order valence-corrected chi connectivity index (χ3v) is 4.44. The van der Waals surface area contributed by atoms with Gasteiger partial charge in [0, 0.05) is 17.6 Å². The van der Waals surface area contributed by atoms with E-state index in [9.17, 15) is 9.59 Å². The zero-order valence-corrected chi connectivity index (χ0v) is 17.1. The topological polar surface area (TPSA) is 90.6 Å². The Morgan fingerprint density at radius 2 is 1.69 bits per heavy atom. The number of carbonyl (C=O) groups is 2. The van der Waals surface area contributed by atoms with Gasteiger partial charge in [-0.25, -0.2) is 4.79 Å². The lowest BCUT2D eigenvalue weighted by molar-refractivity contribution is -0.145. The average Bonchev–Trinajstić information content (AvgIpc) is 2.71. The Hall–Kier alpha value is -2.57. The maximum atomic E-state index is 11.8. The maximum absolute atomic E-state index is 11.8. The van der Waals surface area contributed by atoms with Crippen molar-refractivity contribution in [3.8, 4) is 0 Å². The van der Waals surface area contributed by atoms with Gasteiger partial charge in [0.25, 0.3) is 0 Å². The molecule has 2 aromatic rings. The molecule has 0 spiro atoms. The summed E-state index contributed by atoms with van der Waals surface area (Å²) < 4.78 is 10.4. The van der Waals surface area contributed by atoms with E-state index in [1.54, 1.807) is 18.2 Å². The van der Waals surface area contributed by atoms with Gasteiger partial charge in [-0.1, -0.05) is 60.5 Å². The van der Waals surface area contributed by atoms with Crippen LogP contribution in [0, 0.1) is 0 Å². The van der Waals surface area contributed by atoms with Crippen molar-refractivity contribution in [1.82, 2.24) is 5.32 Å². The highest BCUT2D eigenvalue weighted by molar-refractivity contribution is 6.30. The molecule has 0 aliphatic carbocycles. The van der Waals surface area contributed by atoms with E-state index in [0.717, 1.165) is 24.0 Å². The molecule has 0 fully saturated rings. The van der Waals surface area contributed by atoms with Crippen LogP contribution in [0.3, 0.4) is 0 Å². The molecule has 29 heavy (non-hydrogen) atoms. The molecule has 0 aliphatic rings. The zero-order chi connectivity index (χ0) is 20.9. The quantitative estimate of drug-likeness (QED) is 0.421. The number of benzene rings is 2. The number of rotatable bonds is 11. The summed E-state index contributed by atoms with van der Waals surface area (Å²) in [4.78, 5) is 23.5. The van der Waals surface area contributed by atoms with Gasteiger partial charge in [-0.3, -0.25) is 4.79 Å². The molecule has 1 atom stereocenters. The Labute approximate surface area is 176 Å². The molecule has 7 heteroatoms. The van der Waals surface area contributed by atoms with Crippen LogP contribution >= 0.6 is 11.6 Å². The van der Waals surface area contributed by atoms with Crippen LogP contribution in [-0.4, -0.2) is 24.6 Å². The number of hydrogen-bond donors (Lipinski definition) is 2. The second-order valence-corrected chi connectivity index (χ2v) is 7.18. The van der Waals surface area contributed by atoms with Crippen LogP contribution in [0.15, 0.2) is 54.6 Å². The summed E-state index contributed by atoms with van der Waals surface area (Å²) in [5.41, 5.74) is 7.76. The molecule has 2 aromatic carbocycles. The average molecular weight is 419 g/mol. The first kappa shape index (κ1) is 22.7. The lowest BCUT2D eigenvalue weighted by Gasteiger charge is -2.12. The Bertz CT molecular complexity index is 770. The summed E-state index contributed by atoms with van der Waals surface area (Å²) >= 11 is 5.89. The second kappa shape index (κ2) is 12.8. The molecule has 0 unspecified atom stereocenters. The number of nitrogens with two attached hydrogens (primary N) is 1. The van der Waals surface area contributed by atoms with Crippen molar-refractivity contribution in [2.24, 2.45) is 5.73 Å². The fourth-order valence-electron chi connectivity index (χ4n) is 2.66. The molecular formula is C22H27ClN2O4. The number of halogens is 1. The molecule has 0 saturated heterocycles. The SMILES string of the molecule is N[C@@H](CCCCNC(=O)OCc1cccc(Cl)c1)CC(=O)OCc1ccccc1. The van der Waals surface area contributed by atoms with E-state index in [-0.39, 0.29) is 31.6 Å². The summed E-state index contributed by atoms with van der Waals surface area (Å²) in [6.45, 7) is 0.912. The van der Waals surface area contributed by atoms with Gasteiger partial charge >= 0.3 is 12.1 Å². The van der Waals surface area contributed by atoms with Crippen LogP contribution < -0.4 is 11.1 Å². The van der Waals surface area contributed by atoms with E-state index in [1.165, 1.54) is 0 Å². The second-order valence-electron chi connectivity index (χ2n) is 6.74. The normalized spacial score (nSPS) is 11.5. The monoisotopic (exact) mass is 418 g/mol. The number of ether oxygens (including phenoxy) is 2. The highest BCUT2D eigenvalue weighted by Gasteiger charge is 2.11. The number of nitrogens with one attached hydrogen (secondary N) is 1. The van der Waals surface area contributed by atoms with Crippen molar-refractivity contribution in [3.63, 3.8) is 0 Å². The molecule has 0 saturated carbocycles. The summed E-state index contributed by atoms with van der Waals surface area (Å²) in [7, 11) is 0. The van der Waals surface area contributed by atoms with E-state index < -0.39 is 6.09 Å². The lowest BCUT2D eigenvalue weighted by atomic mass is 10.1. The van der Waals surface area contributed by atoms with Crippen LogP contribution in [0.5, 0.6) is 0 Å². The summed E-state index contributed by atoms with van der Waals surface area (Å²) in [6, 6.07) is 16.4. The largest absolute Gasteiger partial charge is 0.461 e. The molecule has 0 aliphatic heterocycles. The van der Waals surface area contributed by atoms with Crippen LogP contribution in [-0.2, 0) is 27.5 Å². The first-order valence-corrected chi connectivity index (χ1v) is 10.0. The molecule has 6 nitrogen and oxygen atoms in total. The number of alkyl carbamates (subject to hydrolysis) is 1. The first-order chi connectivity index (χ1) is 14.0. The zero-order valence-electron chi connectivity index (χ0n) is 16.3. The van der Waals surface area contributed by atoms with Gasteiger partial charge in [0.05, 0.1) is 6.42 Å². The smallest absolute Gasteiger partial charge is 0.407 e. The predicted molar refractivity (Wildman–Crippen MR) is 112 cm³/mol. The van der Waals surface area contributed by atoms with Crippen LogP contribution in [0.25, 0.3) is 0 Å². The molecule has 0 aromatic heterocycles. The molecule has 0 heterocycles. The van der Waals surface area contributed by atoms with E-state index in [1.807, 2.05) is 36.4 Å². The highest BCUT2D eigenvalue weighted by atomic mass is 35.5. The van der Waals surface area contributed by atoms with Gasteiger partial charge in [-0.15, -0.1) is 0 Å². The molecule has 0 bridgehead atoms. The number of unbranched alkanes of at least 4 members (excludes halogenated alkanes) is 1. The van der Waals surface area contributed by atoms with Crippen LogP contribution in [0.2, 0.25) is 5.02 Å². The fraction of sp³-hybridized carbons (Fsp3) is 0.364. The minimum atomic E-state index is -0.473. The standard InChI is InChI=1S/C22H27ClN2O4/c23-19-10-6-9-18(13-19)16-29-22(27)25-12-5-4-11-20(24)14-21(26)28-15-17-7-2-1-3-8-17/h1-3,6-10,13,20H,4-5,11-12,14-16,24H2,(H,25,27)/t20-/m0/s1. The van der Waals surface area contributed by atoms with E-state index in [0.29, 0.717) is 18.0 Å². The molecule has 1 amide bonds. The lowest BCUT2D eigenvalue weighted by Crippen LogP contribution is -2.27. The van der Waals surface area contributed by atoms with Gasteiger partial charge in [0.2, 0.25) is 0 Å². The van der Waals surface area contributed by atoms with Crippen molar-refractivity contribution >= 4 is 23.7 Å². The molecule has 0 radical (unpaired) electrons. The van der Waals surface area contributed by atoms with Gasteiger partial charge in [0.15, 0.2) is 0 Å². The number of hydrogen-bond acceptors (Lipinski definition) is 5. The van der Waals surface area contributed by atoms with Gasteiger partial charge in [0.1, 0.15) is 13.2 Å². The van der Waals surface area contributed by atoms with Crippen molar-refractivity contribution in [2.45, 2.75) is 44.9 Å². The molecule has 2 rings (SSSR count). The Balaban J connectivity index is 1.49. The third-order valence-electron chi connectivity index (χ3n) is 4.20. The minimum Gasteiger partial charge on any atom is -0.461 e. The van der Waals surface area contributed by atoms with Crippen LogP contribution in [0.1, 0.15) is 36.8 Å². The third kappa shape index (κ3) is 9.96. The molecular weight excluding hydrogens is 392 g/mol. The van der Waals surface area contributed by atoms with Crippen molar-refractivity contribution in [1.29, 1.82) is 0 Å². The fourth-order valence-corrected chi connectivity index (χ4v) is 2.87. The van der Waals surface area contributed by atoms with Crippen LogP contribution in [0.4, 0.5) is 4.79 Å². The van der Waals surface area contributed by atoms with Gasteiger partial charge in [-0.05, 0) is 36.1 Å². The molecule has 3 N–H and O–H groups in total. The van der Waals surface area contributed by atoms with Crippen molar-refractivity contribution < 1.29 is 19.1 Å². The minimum absolute atomic E-state index is 0.169. The number of amides is 1. The Morgan fingerprint density at radius 1 is 0.966 bits per heavy atom. The van der Waals surface area contributed by atoms with Crippen molar-refractivity contribution in [2.75, 3.05) is 6.54 Å². The first-order valence-electron chi connectivity index (χ1n) is 9.63. The highest BCUT2D eigenvalue weighted by Crippen LogP contribution is 2.11. The van der Waals surface area contributed by atoms with Crippen molar-refractivity contribution in [3.05, 3.63) is 70.7 Å². The van der Waals surface area contributed by atoms with E-state index >= 15 is 0 Å². The number of carbonyl (C=O) groups excluding carboxylic acids is 2. The summed E-state index contributed by atoms with van der Waals surface area (Å²) in [5, 5.41) is 3.30. The number of esters is 1. The summed E-state index contributed by atoms with van der Waals surface area (Å²) in [5.74, 6) is -0.302. The molecule has 156 valence electrons. The van der Waals surface area contributed by atoms with Gasteiger partial charge < -0.3 is 20.5 Å². The van der Waals surface area contributed by atoms with E-state index in [2.05, 4.69) is 5.32 Å². The Kier molecular flexibility index (Phi) is 10.0. The van der Waals surface area contributed by atoms with Gasteiger partial charge in [-0.2, -0.15) is 0 Å². The predicted octanol–water partition coefficient (Wildman–Crippen LogP) is 4.20. The maximum Gasteiger partial charge on any atom is 0.407 e.